The van der Waals surface area contributed by atoms with Gasteiger partial charge in [0, 0.05) is 44.5 Å². The van der Waals surface area contributed by atoms with E-state index in [1.807, 2.05) is 14.0 Å². The maximum atomic E-state index is 11.7. The SMILES string of the molecule is Cc1c(C(C(N)=O)N2CCNCC2)cnn1C. The lowest BCUT2D eigenvalue weighted by Crippen LogP contribution is -2.48. The molecule has 0 spiro atoms. The number of hydrogen-bond donors (Lipinski definition) is 2. The molecule has 1 aromatic rings. The molecule has 6 nitrogen and oxygen atoms in total. The molecule has 1 aliphatic heterocycles. The largest absolute Gasteiger partial charge is 0.368 e. The first-order valence-electron chi connectivity index (χ1n) is 5.84. The summed E-state index contributed by atoms with van der Waals surface area (Å²) in [5.41, 5.74) is 7.45. The van der Waals surface area contributed by atoms with E-state index in [9.17, 15) is 4.79 Å². The third-order valence-electron chi connectivity index (χ3n) is 3.35. The molecule has 17 heavy (non-hydrogen) atoms. The minimum absolute atomic E-state index is 0.303. The van der Waals surface area contributed by atoms with Crippen LogP contribution in [-0.4, -0.2) is 46.8 Å². The van der Waals surface area contributed by atoms with Gasteiger partial charge in [-0.1, -0.05) is 0 Å². The quantitative estimate of drug-likeness (QED) is 0.719. The van der Waals surface area contributed by atoms with E-state index in [0.717, 1.165) is 37.4 Å². The second-order valence-corrected chi connectivity index (χ2v) is 4.40. The van der Waals surface area contributed by atoms with Crippen LogP contribution in [0.15, 0.2) is 6.20 Å². The van der Waals surface area contributed by atoms with Crippen LogP contribution in [0.2, 0.25) is 0 Å². The van der Waals surface area contributed by atoms with Crippen molar-refractivity contribution in [1.29, 1.82) is 0 Å². The van der Waals surface area contributed by atoms with Gasteiger partial charge in [0.15, 0.2) is 0 Å². The van der Waals surface area contributed by atoms with Gasteiger partial charge in [-0.3, -0.25) is 14.4 Å². The molecular weight excluding hydrogens is 218 g/mol. The molecule has 0 aromatic carbocycles. The number of nitrogens with two attached hydrogens (primary N) is 1. The van der Waals surface area contributed by atoms with Gasteiger partial charge in [0.25, 0.3) is 0 Å². The number of piperazine rings is 1. The molecule has 2 heterocycles. The molecule has 1 saturated heterocycles. The van der Waals surface area contributed by atoms with Crippen LogP contribution in [0.5, 0.6) is 0 Å². The average Bonchev–Trinajstić information content (AvgIpc) is 2.63. The predicted octanol–water partition coefficient (Wildman–Crippen LogP) is -0.840. The Morgan fingerprint density at radius 2 is 2.18 bits per heavy atom. The molecule has 1 amide bonds. The Hall–Kier alpha value is -1.40. The van der Waals surface area contributed by atoms with Gasteiger partial charge in [-0.05, 0) is 6.92 Å². The van der Waals surface area contributed by atoms with Crippen molar-refractivity contribution in [2.75, 3.05) is 26.2 Å². The second kappa shape index (κ2) is 4.85. The number of hydrogen-bond acceptors (Lipinski definition) is 4. The van der Waals surface area contributed by atoms with Crippen molar-refractivity contribution in [3.05, 3.63) is 17.5 Å². The van der Waals surface area contributed by atoms with Crippen LogP contribution in [0.3, 0.4) is 0 Å². The van der Waals surface area contributed by atoms with Gasteiger partial charge in [0.2, 0.25) is 5.91 Å². The van der Waals surface area contributed by atoms with Gasteiger partial charge in [0.1, 0.15) is 6.04 Å². The van der Waals surface area contributed by atoms with E-state index >= 15 is 0 Å². The standard InChI is InChI=1S/C11H19N5O/c1-8-9(7-14-15(8)2)10(11(12)17)16-5-3-13-4-6-16/h7,10,13H,3-6H2,1-2H3,(H2,12,17). The smallest absolute Gasteiger partial charge is 0.239 e. The van der Waals surface area contributed by atoms with Crippen LogP contribution in [0.25, 0.3) is 0 Å². The van der Waals surface area contributed by atoms with Crippen LogP contribution >= 0.6 is 0 Å². The van der Waals surface area contributed by atoms with E-state index in [1.165, 1.54) is 0 Å². The van der Waals surface area contributed by atoms with Gasteiger partial charge in [-0.15, -0.1) is 0 Å². The number of nitrogens with zero attached hydrogens (tertiary/aromatic N) is 3. The van der Waals surface area contributed by atoms with E-state index in [-0.39, 0.29) is 11.9 Å². The number of amides is 1. The molecule has 94 valence electrons. The summed E-state index contributed by atoms with van der Waals surface area (Å²) in [6.45, 7) is 5.41. The molecule has 6 heteroatoms. The minimum atomic E-state index is -0.356. The molecule has 1 aliphatic rings. The van der Waals surface area contributed by atoms with Crippen molar-refractivity contribution in [1.82, 2.24) is 20.0 Å². The molecule has 1 aromatic heterocycles. The lowest BCUT2D eigenvalue weighted by molar-refractivity contribution is -0.123. The van der Waals surface area contributed by atoms with Crippen molar-refractivity contribution in [2.24, 2.45) is 12.8 Å². The topological polar surface area (TPSA) is 76.2 Å². The maximum absolute atomic E-state index is 11.7. The molecule has 0 bridgehead atoms. The van der Waals surface area contributed by atoms with Crippen LogP contribution in [0.1, 0.15) is 17.3 Å². The lowest BCUT2D eigenvalue weighted by Gasteiger charge is -2.32. The molecule has 0 aliphatic carbocycles. The first kappa shape index (κ1) is 12.1. The molecule has 1 fully saturated rings. The van der Waals surface area contributed by atoms with Gasteiger partial charge < -0.3 is 11.1 Å². The molecule has 0 saturated carbocycles. The number of nitrogens with one attached hydrogen (secondary N) is 1. The fourth-order valence-electron chi connectivity index (χ4n) is 2.25. The van der Waals surface area contributed by atoms with Gasteiger partial charge in [0.05, 0.1) is 6.20 Å². The third-order valence-corrected chi connectivity index (χ3v) is 3.35. The third kappa shape index (κ3) is 2.32. The summed E-state index contributed by atoms with van der Waals surface area (Å²) >= 11 is 0. The highest BCUT2D eigenvalue weighted by Crippen LogP contribution is 2.23. The fourth-order valence-corrected chi connectivity index (χ4v) is 2.25. The van der Waals surface area contributed by atoms with Crippen LogP contribution < -0.4 is 11.1 Å². The average molecular weight is 237 g/mol. The highest BCUT2D eigenvalue weighted by atomic mass is 16.1. The number of primary amides is 1. The van der Waals surface area contributed by atoms with E-state index < -0.39 is 0 Å². The highest BCUT2D eigenvalue weighted by molar-refractivity contribution is 5.81. The summed E-state index contributed by atoms with van der Waals surface area (Å²) in [5, 5.41) is 7.45. The number of aryl methyl sites for hydroxylation is 1. The summed E-state index contributed by atoms with van der Waals surface area (Å²) in [4.78, 5) is 13.8. The normalized spacial score (nSPS) is 19.2. The summed E-state index contributed by atoms with van der Waals surface area (Å²) in [7, 11) is 1.87. The van der Waals surface area contributed by atoms with Crippen LogP contribution in [0, 0.1) is 6.92 Å². The van der Waals surface area contributed by atoms with Gasteiger partial charge in [-0.25, -0.2) is 0 Å². The van der Waals surface area contributed by atoms with Crippen LogP contribution in [0.4, 0.5) is 0 Å². The first-order chi connectivity index (χ1) is 8.11. The Morgan fingerprint density at radius 3 is 2.65 bits per heavy atom. The van der Waals surface area contributed by atoms with Gasteiger partial charge >= 0.3 is 0 Å². The number of carbonyl (C=O) groups is 1. The number of aromatic nitrogens is 2. The fraction of sp³-hybridized carbons (Fsp3) is 0.636. The van der Waals surface area contributed by atoms with Gasteiger partial charge in [-0.2, -0.15) is 5.10 Å². The van der Waals surface area contributed by atoms with Crippen LogP contribution in [-0.2, 0) is 11.8 Å². The molecule has 3 N–H and O–H groups in total. The molecule has 1 unspecified atom stereocenters. The molecular formula is C11H19N5O. The van der Waals surface area contributed by atoms with E-state index in [0.29, 0.717) is 0 Å². The summed E-state index contributed by atoms with van der Waals surface area (Å²) in [6, 6.07) is -0.356. The first-order valence-corrected chi connectivity index (χ1v) is 5.84. The van der Waals surface area contributed by atoms with Crippen molar-refractivity contribution in [3.63, 3.8) is 0 Å². The summed E-state index contributed by atoms with van der Waals surface area (Å²) < 4.78 is 1.77. The molecule has 1 atom stereocenters. The molecule has 2 rings (SSSR count). The number of rotatable bonds is 3. The highest BCUT2D eigenvalue weighted by Gasteiger charge is 2.29. The Balaban J connectivity index is 2.28. The Morgan fingerprint density at radius 1 is 1.53 bits per heavy atom. The van der Waals surface area contributed by atoms with Crippen molar-refractivity contribution < 1.29 is 4.79 Å². The lowest BCUT2D eigenvalue weighted by atomic mass is 10.1. The van der Waals surface area contributed by atoms with E-state index in [4.69, 9.17) is 5.73 Å². The Bertz CT molecular complexity index is 408. The van der Waals surface area contributed by atoms with E-state index in [1.54, 1.807) is 10.9 Å². The Kier molecular flexibility index (Phi) is 3.44. The minimum Gasteiger partial charge on any atom is -0.368 e. The Labute approximate surface area is 101 Å². The monoisotopic (exact) mass is 237 g/mol. The zero-order chi connectivity index (χ0) is 12.4. The summed E-state index contributed by atoms with van der Waals surface area (Å²) in [5.74, 6) is -0.303. The van der Waals surface area contributed by atoms with E-state index in [2.05, 4.69) is 15.3 Å². The van der Waals surface area contributed by atoms with Crippen molar-refractivity contribution in [2.45, 2.75) is 13.0 Å². The maximum Gasteiger partial charge on any atom is 0.239 e. The van der Waals surface area contributed by atoms with Crippen molar-refractivity contribution >= 4 is 5.91 Å². The second-order valence-electron chi connectivity index (χ2n) is 4.40. The summed E-state index contributed by atoms with van der Waals surface area (Å²) in [6.07, 6.45) is 1.74. The predicted molar refractivity (Wildman–Crippen MR) is 64.3 cm³/mol. The molecule has 0 radical (unpaired) electrons. The van der Waals surface area contributed by atoms with Crippen molar-refractivity contribution in [3.8, 4) is 0 Å². The zero-order valence-corrected chi connectivity index (χ0v) is 10.3. The number of carbonyl (C=O) groups excluding carboxylic acids is 1. The zero-order valence-electron chi connectivity index (χ0n) is 10.3.